The molecule has 10 heteroatoms. The number of thiazole rings is 2. The lowest BCUT2D eigenvalue weighted by Crippen LogP contribution is -2.31. The molecule has 0 fully saturated rings. The molecule has 3 heterocycles. The smallest absolute Gasteiger partial charge is 0.296 e. The maximum absolute atomic E-state index is 14.0. The highest BCUT2D eigenvalue weighted by Gasteiger charge is 2.47. The third-order valence-corrected chi connectivity index (χ3v) is 9.25. The SMILES string of the molecule is CCCCCOc1ccc(C2C(C(=O)c3sc(C)nc3C)=C(O)C(=O)N2c2nc3c(C)cc(C)cc3s2)cc1OCC. The van der Waals surface area contributed by atoms with Crippen LogP contribution in [0.5, 0.6) is 11.5 Å². The topological polar surface area (TPSA) is 102 Å². The number of ketones is 1. The Morgan fingerprint density at radius 3 is 2.48 bits per heavy atom. The third-order valence-electron chi connectivity index (χ3n) is 7.18. The van der Waals surface area contributed by atoms with E-state index in [4.69, 9.17) is 14.5 Å². The summed E-state index contributed by atoms with van der Waals surface area (Å²) in [5.41, 5.74) is 4.02. The van der Waals surface area contributed by atoms with Crippen LogP contribution in [0.2, 0.25) is 0 Å². The Kier molecular flexibility index (Phi) is 8.65. The molecule has 1 amide bonds. The van der Waals surface area contributed by atoms with E-state index in [1.54, 1.807) is 19.1 Å². The van der Waals surface area contributed by atoms with Crippen molar-refractivity contribution in [3.8, 4) is 11.5 Å². The van der Waals surface area contributed by atoms with Crippen molar-refractivity contribution in [1.82, 2.24) is 9.97 Å². The maximum Gasteiger partial charge on any atom is 0.296 e. The second kappa shape index (κ2) is 12.2. The van der Waals surface area contributed by atoms with Gasteiger partial charge in [-0.2, -0.15) is 0 Å². The van der Waals surface area contributed by atoms with Crippen molar-refractivity contribution in [2.45, 2.75) is 66.8 Å². The molecular weight excluding hydrogens is 571 g/mol. The third kappa shape index (κ3) is 5.53. The zero-order valence-electron chi connectivity index (χ0n) is 24.7. The first-order chi connectivity index (χ1) is 20.1. The fourth-order valence-corrected chi connectivity index (χ4v) is 7.34. The second-order valence-corrected chi connectivity index (χ2v) is 12.6. The number of hydrogen-bond donors (Lipinski definition) is 1. The van der Waals surface area contributed by atoms with Crippen molar-refractivity contribution in [2.24, 2.45) is 0 Å². The van der Waals surface area contributed by atoms with Crippen LogP contribution in [0.25, 0.3) is 10.2 Å². The summed E-state index contributed by atoms with van der Waals surface area (Å²) < 4.78 is 12.9. The van der Waals surface area contributed by atoms with Crippen LogP contribution in [0.4, 0.5) is 5.13 Å². The molecule has 0 aliphatic carbocycles. The number of unbranched alkanes of at least 4 members (excludes halogenated alkanes) is 2. The van der Waals surface area contributed by atoms with E-state index in [1.165, 1.54) is 27.6 Å². The Morgan fingerprint density at radius 2 is 1.79 bits per heavy atom. The van der Waals surface area contributed by atoms with Crippen molar-refractivity contribution < 1.29 is 24.2 Å². The molecule has 42 heavy (non-hydrogen) atoms. The van der Waals surface area contributed by atoms with E-state index < -0.39 is 23.5 Å². The van der Waals surface area contributed by atoms with Crippen LogP contribution in [0.1, 0.15) is 76.2 Å². The molecule has 1 atom stereocenters. The molecule has 0 bridgehead atoms. The van der Waals surface area contributed by atoms with Crippen LogP contribution in [-0.4, -0.2) is 40.0 Å². The molecule has 0 saturated heterocycles. The quantitative estimate of drug-likeness (QED) is 0.138. The van der Waals surface area contributed by atoms with E-state index in [9.17, 15) is 14.7 Å². The van der Waals surface area contributed by atoms with Crippen molar-refractivity contribution in [3.63, 3.8) is 0 Å². The number of Topliss-reactive ketones (excluding diaryl/α,β-unsaturated/α-hetero) is 1. The fraction of sp³-hybridized carbons (Fsp3) is 0.375. The monoisotopic (exact) mass is 605 g/mol. The number of hydrogen-bond acceptors (Lipinski definition) is 9. The minimum atomic E-state index is -0.929. The summed E-state index contributed by atoms with van der Waals surface area (Å²) in [5, 5.41) is 12.4. The van der Waals surface area contributed by atoms with Gasteiger partial charge in [0, 0.05) is 0 Å². The molecule has 1 unspecified atom stereocenters. The Bertz CT molecular complexity index is 1700. The van der Waals surface area contributed by atoms with Crippen LogP contribution >= 0.6 is 22.7 Å². The second-order valence-electron chi connectivity index (χ2n) is 10.4. The Morgan fingerprint density at radius 1 is 1.00 bits per heavy atom. The minimum absolute atomic E-state index is 0.00188. The number of anilines is 1. The number of aryl methyl sites for hydroxylation is 4. The summed E-state index contributed by atoms with van der Waals surface area (Å²) in [6.07, 6.45) is 3.07. The Labute approximate surface area is 253 Å². The van der Waals surface area contributed by atoms with E-state index in [0.717, 1.165) is 45.6 Å². The van der Waals surface area contributed by atoms with Crippen LogP contribution in [0.15, 0.2) is 41.7 Å². The minimum Gasteiger partial charge on any atom is -0.503 e. The van der Waals surface area contributed by atoms with Gasteiger partial charge in [0.05, 0.1) is 50.6 Å². The van der Waals surface area contributed by atoms with E-state index in [-0.39, 0.29) is 5.57 Å². The summed E-state index contributed by atoms with van der Waals surface area (Å²) in [6, 6.07) is 8.56. The summed E-state index contributed by atoms with van der Waals surface area (Å²) in [5.74, 6) is -0.581. The van der Waals surface area contributed by atoms with Gasteiger partial charge in [0.25, 0.3) is 5.91 Å². The number of carbonyl (C=O) groups excluding carboxylic acids is 2. The highest BCUT2D eigenvalue weighted by atomic mass is 32.1. The van der Waals surface area contributed by atoms with Gasteiger partial charge in [0.1, 0.15) is 0 Å². The molecule has 1 N–H and O–H groups in total. The lowest BCUT2D eigenvalue weighted by atomic mass is 9.95. The number of aliphatic hydroxyl groups excluding tert-OH is 1. The van der Waals surface area contributed by atoms with Gasteiger partial charge in [-0.25, -0.2) is 9.97 Å². The molecule has 0 radical (unpaired) electrons. The molecule has 220 valence electrons. The summed E-state index contributed by atoms with van der Waals surface area (Å²) in [7, 11) is 0. The van der Waals surface area contributed by atoms with Crippen LogP contribution in [-0.2, 0) is 4.79 Å². The number of carbonyl (C=O) groups is 2. The van der Waals surface area contributed by atoms with Gasteiger partial charge in [-0.3, -0.25) is 14.5 Å². The molecule has 2 aromatic carbocycles. The molecule has 5 rings (SSSR count). The Balaban J connectivity index is 1.65. The van der Waals surface area contributed by atoms with E-state index >= 15 is 0 Å². The van der Waals surface area contributed by atoms with Gasteiger partial charge in [-0.15, -0.1) is 11.3 Å². The maximum atomic E-state index is 14.0. The lowest BCUT2D eigenvalue weighted by Gasteiger charge is -2.25. The summed E-state index contributed by atoms with van der Waals surface area (Å²) in [6.45, 7) is 12.6. The normalized spacial score (nSPS) is 15.2. The van der Waals surface area contributed by atoms with Gasteiger partial charge in [0.2, 0.25) is 5.78 Å². The number of amides is 1. The fourth-order valence-electron chi connectivity index (χ4n) is 5.29. The van der Waals surface area contributed by atoms with Gasteiger partial charge in [0.15, 0.2) is 22.4 Å². The number of benzene rings is 2. The predicted octanol–water partition coefficient (Wildman–Crippen LogP) is 7.74. The highest BCUT2D eigenvalue weighted by Crippen LogP contribution is 2.46. The summed E-state index contributed by atoms with van der Waals surface area (Å²) >= 11 is 2.60. The average Bonchev–Trinajstić information content (AvgIpc) is 3.60. The van der Waals surface area contributed by atoms with Gasteiger partial charge in [-0.05, 0) is 75.9 Å². The number of nitrogens with zero attached hydrogens (tertiary/aromatic N) is 3. The molecule has 0 spiro atoms. The first-order valence-electron chi connectivity index (χ1n) is 14.2. The average molecular weight is 606 g/mol. The number of fused-ring (bicyclic) bond motifs is 1. The molecule has 8 nitrogen and oxygen atoms in total. The van der Waals surface area contributed by atoms with E-state index in [0.29, 0.717) is 46.0 Å². The van der Waals surface area contributed by atoms with Crippen LogP contribution in [0, 0.1) is 27.7 Å². The zero-order valence-corrected chi connectivity index (χ0v) is 26.4. The van der Waals surface area contributed by atoms with Gasteiger partial charge in [-0.1, -0.05) is 43.2 Å². The summed E-state index contributed by atoms with van der Waals surface area (Å²) in [4.78, 5) is 38.9. The largest absolute Gasteiger partial charge is 0.503 e. The van der Waals surface area contributed by atoms with Crippen molar-refractivity contribution in [2.75, 3.05) is 18.1 Å². The Hall–Kier alpha value is -3.76. The number of aliphatic hydroxyl groups is 1. The molecule has 1 aliphatic heterocycles. The number of aromatic nitrogens is 2. The first-order valence-corrected chi connectivity index (χ1v) is 15.8. The molecule has 0 saturated carbocycles. The van der Waals surface area contributed by atoms with Crippen LogP contribution in [0.3, 0.4) is 0 Å². The zero-order chi connectivity index (χ0) is 30.1. The lowest BCUT2D eigenvalue weighted by molar-refractivity contribution is -0.117. The van der Waals surface area contributed by atoms with E-state index in [2.05, 4.69) is 11.9 Å². The van der Waals surface area contributed by atoms with Crippen molar-refractivity contribution in [1.29, 1.82) is 0 Å². The van der Waals surface area contributed by atoms with Crippen molar-refractivity contribution >= 4 is 49.7 Å². The molecule has 1 aliphatic rings. The van der Waals surface area contributed by atoms with Crippen LogP contribution < -0.4 is 14.4 Å². The first kappa shape index (κ1) is 29.7. The highest BCUT2D eigenvalue weighted by molar-refractivity contribution is 7.22. The molecule has 4 aromatic rings. The number of ether oxygens (including phenoxy) is 2. The number of rotatable bonds is 11. The van der Waals surface area contributed by atoms with E-state index in [1.807, 2.05) is 45.9 Å². The van der Waals surface area contributed by atoms with Gasteiger partial charge < -0.3 is 14.6 Å². The predicted molar refractivity (Wildman–Crippen MR) is 168 cm³/mol. The van der Waals surface area contributed by atoms with Crippen molar-refractivity contribution in [3.05, 3.63) is 73.9 Å². The van der Waals surface area contributed by atoms with Gasteiger partial charge >= 0.3 is 0 Å². The standard InChI is InChI=1S/C32H35N3O5S2/c1-7-9-10-13-40-22-12-11-21(16-23(22)39-8-2)27-25(28(36)30-19(5)33-20(6)41-30)29(37)31(38)35(27)32-34-26-18(4)14-17(3)15-24(26)42-32/h11-12,14-16,27,37H,7-10,13H2,1-6H3. The molecular formula is C32H35N3O5S2. The molecule has 2 aromatic heterocycles.